The maximum Gasteiger partial charge on any atom is 0.343 e. The fourth-order valence-corrected chi connectivity index (χ4v) is 4.76. The largest absolute Gasteiger partial charge is 0.423 e. The molecular formula is C27H31NO4. The molecule has 1 heterocycles. The molecule has 2 aliphatic rings. The first-order chi connectivity index (χ1) is 15.2. The fourth-order valence-electron chi connectivity index (χ4n) is 4.76. The van der Waals surface area contributed by atoms with Crippen LogP contribution in [0, 0.1) is 17.8 Å². The normalized spacial score (nSPS) is 23.2. The van der Waals surface area contributed by atoms with Gasteiger partial charge in [-0.2, -0.15) is 0 Å². The lowest BCUT2D eigenvalue weighted by Gasteiger charge is -2.25. The van der Waals surface area contributed by atoms with Gasteiger partial charge in [-0.15, -0.1) is 0 Å². The van der Waals surface area contributed by atoms with E-state index in [9.17, 15) is 14.4 Å². The lowest BCUT2D eigenvalue weighted by molar-refractivity contribution is -0.122. The van der Waals surface area contributed by atoms with E-state index in [-0.39, 0.29) is 29.1 Å². The van der Waals surface area contributed by atoms with E-state index in [0.717, 1.165) is 25.7 Å². The van der Waals surface area contributed by atoms with Crippen LogP contribution in [0.25, 0.3) is 0 Å². The molecule has 0 unspecified atom stereocenters. The summed E-state index contributed by atoms with van der Waals surface area (Å²) in [6, 6.07) is 14.2. The van der Waals surface area contributed by atoms with Crippen molar-refractivity contribution in [2.24, 2.45) is 17.8 Å². The SMILES string of the molecule is CCC(C)(C)c1ccc(OC(=O)c2cccc(N3C(=O)[C@H]4CC[C@H](C)C[C@@H]4C3=O)c2)cc1. The highest BCUT2D eigenvalue weighted by molar-refractivity contribution is 6.22. The molecule has 1 saturated carbocycles. The van der Waals surface area contributed by atoms with Gasteiger partial charge in [0.2, 0.25) is 11.8 Å². The average Bonchev–Trinajstić information content (AvgIpc) is 3.03. The summed E-state index contributed by atoms with van der Waals surface area (Å²) in [4.78, 5) is 40.0. The van der Waals surface area contributed by atoms with Crippen LogP contribution in [0.4, 0.5) is 5.69 Å². The van der Waals surface area contributed by atoms with Crippen molar-refractivity contribution >= 4 is 23.5 Å². The molecular weight excluding hydrogens is 402 g/mol. The maximum absolute atomic E-state index is 13.0. The third-order valence-corrected chi connectivity index (χ3v) is 7.26. The van der Waals surface area contributed by atoms with Gasteiger partial charge in [0.1, 0.15) is 5.75 Å². The average molecular weight is 434 g/mol. The summed E-state index contributed by atoms with van der Waals surface area (Å²) < 4.78 is 5.55. The summed E-state index contributed by atoms with van der Waals surface area (Å²) in [6.45, 7) is 8.63. The Hall–Kier alpha value is -2.95. The second-order valence-corrected chi connectivity index (χ2v) is 9.84. The standard InChI is InChI=1S/C27H31NO4/c1-5-27(3,4)19-10-12-21(13-11-19)32-26(31)18-7-6-8-20(16-18)28-24(29)22-14-9-17(2)15-23(22)25(28)30/h6-8,10-13,16-17,22-23H,5,9,14-15H2,1-4H3/t17-,22-,23-/m0/s1. The molecule has 1 aliphatic heterocycles. The summed E-state index contributed by atoms with van der Waals surface area (Å²) in [5.41, 5.74) is 1.99. The number of nitrogens with zero attached hydrogens (tertiary/aromatic N) is 1. The number of fused-ring (bicyclic) bond motifs is 1. The molecule has 4 rings (SSSR count). The van der Waals surface area contributed by atoms with Gasteiger partial charge in [0.25, 0.3) is 0 Å². The van der Waals surface area contributed by atoms with Crippen LogP contribution in [0.2, 0.25) is 0 Å². The minimum atomic E-state index is -0.514. The van der Waals surface area contributed by atoms with Gasteiger partial charge in [0.05, 0.1) is 23.1 Å². The highest BCUT2D eigenvalue weighted by Gasteiger charge is 2.50. The molecule has 0 radical (unpaired) electrons. The van der Waals surface area contributed by atoms with E-state index < -0.39 is 5.97 Å². The first kappa shape index (κ1) is 22.3. The van der Waals surface area contributed by atoms with Gasteiger partial charge in [-0.25, -0.2) is 4.79 Å². The van der Waals surface area contributed by atoms with Gasteiger partial charge >= 0.3 is 5.97 Å². The van der Waals surface area contributed by atoms with E-state index in [4.69, 9.17) is 4.74 Å². The molecule has 168 valence electrons. The Labute approximate surface area is 189 Å². The smallest absolute Gasteiger partial charge is 0.343 e. The molecule has 32 heavy (non-hydrogen) atoms. The van der Waals surface area contributed by atoms with E-state index in [1.165, 1.54) is 10.5 Å². The van der Waals surface area contributed by atoms with Crippen molar-refractivity contribution in [2.75, 3.05) is 4.90 Å². The molecule has 1 aliphatic carbocycles. The number of amides is 2. The van der Waals surface area contributed by atoms with Crippen LogP contribution in [0.1, 0.15) is 69.3 Å². The first-order valence-electron chi connectivity index (χ1n) is 11.5. The molecule has 0 spiro atoms. The minimum absolute atomic E-state index is 0.0562. The van der Waals surface area contributed by atoms with Crippen LogP contribution < -0.4 is 9.64 Å². The van der Waals surface area contributed by atoms with Gasteiger partial charge in [-0.3, -0.25) is 14.5 Å². The Kier molecular flexibility index (Phi) is 5.93. The second kappa shape index (κ2) is 8.53. The van der Waals surface area contributed by atoms with Crippen LogP contribution in [-0.2, 0) is 15.0 Å². The fraction of sp³-hybridized carbons (Fsp3) is 0.444. The Balaban J connectivity index is 1.51. The van der Waals surface area contributed by atoms with Crippen molar-refractivity contribution in [1.29, 1.82) is 0 Å². The number of rotatable bonds is 5. The number of esters is 1. The molecule has 0 aromatic heterocycles. The molecule has 0 N–H and O–H groups in total. The lowest BCUT2D eigenvalue weighted by atomic mass is 9.76. The van der Waals surface area contributed by atoms with E-state index in [0.29, 0.717) is 22.9 Å². The third-order valence-electron chi connectivity index (χ3n) is 7.26. The molecule has 2 aromatic carbocycles. The Morgan fingerprint density at radius 2 is 1.72 bits per heavy atom. The van der Waals surface area contributed by atoms with Crippen LogP contribution in [0.5, 0.6) is 5.75 Å². The zero-order valence-corrected chi connectivity index (χ0v) is 19.3. The molecule has 3 atom stereocenters. The zero-order chi connectivity index (χ0) is 23.0. The quantitative estimate of drug-likeness (QED) is 0.354. The summed E-state index contributed by atoms with van der Waals surface area (Å²) >= 11 is 0. The Morgan fingerprint density at radius 1 is 1.03 bits per heavy atom. The molecule has 2 amide bonds. The van der Waals surface area contributed by atoms with Gasteiger partial charge < -0.3 is 4.74 Å². The Bertz CT molecular complexity index is 1040. The number of hydrogen-bond acceptors (Lipinski definition) is 4. The minimum Gasteiger partial charge on any atom is -0.423 e. The van der Waals surface area contributed by atoms with Gasteiger partial charge in [0, 0.05) is 0 Å². The number of carbonyl (C=O) groups is 3. The first-order valence-corrected chi connectivity index (χ1v) is 11.5. The van der Waals surface area contributed by atoms with Crippen LogP contribution in [0.3, 0.4) is 0 Å². The van der Waals surface area contributed by atoms with Crippen LogP contribution in [0.15, 0.2) is 48.5 Å². The third kappa shape index (κ3) is 4.08. The zero-order valence-electron chi connectivity index (χ0n) is 19.3. The van der Waals surface area contributed by atoms with Gasteiger partial charge in [0.15, 0.2) is 0 Å². The summed E-state index contributed by atoms with van der Waals surface area (Å²) in [6.07, 6.45) is 3.47. The van der Waals surface area contributed by atoms with E-state index >= 15 is 0 Å². The van der Waals surface area contributed by atoms with Crippen molar-refractivity contribution in [3.8, 4) is 5.75 Å². The predicted octanol–water partition coefficient (Wildman–Crippen LogP) is 5.52. The van der Waals surface area contributed by atoms with Crippen molar-refractivity contribution < 1.29 is 19.1 Å². The number of ether oxygens (including phenoxy) is 1. The summed E-state index contributed by atoms with van der Waals surface area (Å²) in [5, 5.41) is 0. The van der Waals surface area contributed by atoms with E-state index in [2.05, 4.69) is 27.7 Å². The highest BCUT2D eigenvalue weighted by Crippen LogP contribution is 2.42. The van der Waals surface area contributed by atoms with Gasteiger partial charge in [-0.1, -0.05) is 45.9 Å². The van der Waals surface area contributed by atoms with E-state index in [1.54, 1.807) is 36.4 Å². The topological polar surface area (TPSA) is 63.7 Å². The molecule has 1 saturated heterocycles. The molecule has 5 nitrogen and oxygen atoms in total. The second-order valence-electron chi connectivity index (χ2n) is 9.84. The molecule has 2 aromatic rings. The highest BCUT2D eigenvalue weighted by atomic mass is 16.5. The van der Waals surface area contributed by atoms with Crippen LogP contribution in [-0.4, -0.2) is 17.8 Å². The summed E-state index contributed by atoms with van der Waals surface area (Å²) in [7, 11) is 0. The molecule has 2 fully saturated rings. The number of carbonyl (C=O) groups excluding carboxylic acids is 3. The maximum atomic E-state index is 13.0. The number of anilines is 1. The number of benzene rings is 2. The number of hydrogen-bond donors (Lipinski definition) is 0. The number of imide groups is 1. The molecule has 0 bridgehead atoms. The van der Waals surface area contributed by atoms with Crippen molar-refractivity contribution in [1.82, 2.24) is 0 Å². The summed E-state index contributed by atoms with van der Waals surface area (Å²) in [5.74, 6) is -0.377. The Morgan fingerprint density at radius 3 is 2.41 bits per heavy atom. The lowest BCUT2D eigenvalue weighted by Crippen LogP contribution is -2.31. The monoisotopic (exact) mass is 433 g/mol. The predicted molar refractivity (Wildman–Crippen MR) is 124 cm³/mol. The van der Waals surface area contributed by atoms with Crippen molar-refractivity contribution in [2.45, 2.75) is 58.8 Å². The van der Waals surface area contributed by atoms with Crippen LogP contribution >= 0.6 is 0 Å². The van der Waals surface area contributed by atoms with Crippen molar-refractivity contribution in [3.63, 3.8) is 0 Å². The molecule has 5 heteroatoms. The van der Waals surface area contributed by atoms with Crippen molar-refractivity contribution in [3.05, 3.63) is 59.7 Å². The van der Waals surface area contributed by atoms with Gasteiger partial charge in [-0.05, 0) is 72.9 Å². The van der Waals surface area contributed by atoms with E-state index in [1.807, 2.05) is 12.1 Å².